The molecule has 0 radical (unpaired) electrons. The fourth-order valence-corrected chi connectivity index (χ4v) is 1.81. The average Bonchev–Trinajstić information content (AvgIpc) is 2.18. The molecule has 1 saturated heterocycles. The van der Waals surface area contributed by atoms with Crippen LogP contribution < -0.4 is 16.6 Å². The van der Waals surface area contributed by atoms with Gasteiger partial charge in [0.2, 0.25) is 5.95 Å². The molecular weight excluding hydrogens is 180 g/mol. The molecule has 1 aliphatic heterocycles. The second-order valence-electron chi connectivity index (χ2n) is 3.60. The number of nitrogens with two attached hydrogens (primary N) is 1. The molecule has 0 aromatic carbocycles. The maximum Gasteiger partial charge on any atom is 0.252 e. The van der Waals surface area contributed by atoms with Crippen molar-refractivity contribution in [2.24, 2.45) is 0 Å². The van der Waals surface area contributed by atoms with Crippen LogP contribution in [0, 0.1) is 0 Å². The molecule has 76 valence electrons. The molecule has 1 aromatic rings. The Kier molecular flexibility index (Phi) is 2.49. The topological polar surface area (TPSA) is 83.8 Å². The summed E-state index contributed by atoms with van der Waals surface area (Å²) in [6.45, 7) is 1.94. The van der Waals surface area contributed by atoms with Crippen molar-refractivity contribution in [2.75, 3.05) is 18.8 Å². The van der Waals surface area contributed by atoms with Gasteiger partial charge in [-0.15, -0.1) is 0 Å². The maximum atomic E-state index is 11.2. The second kappa shape index (κ2) is 3.79. The maximum absolute atomic E-state index is 11.2. The van der Waals surface area contributed by atoms with Crippen LogP contribution in [0.5, 0.6) is 0 Å². The number of nitrogen functional groups attached to an aromatic ring is 1. The van der Waals surface area contributed by atoms with Crippen LogP contribution in [-0.2, 0) is 0 Å². The molecule has 0 bridgehead atoms. The molecule has 5 heteroatoms. The number of anilines is 1. The number of aromatic amines is 1. The zero-order valence-electron chi connectivity index (χ0n) is 7.92. The number of nitrogens with one attached hydrogen (secondary N) is 2. The Morgan fingerprint density at radius 1 is 1.57 bits per heavy atom. The minimum absolute atomic E-state index is 0.168. The molecule has 2 heterocycles. The summed E-state index contributed by atoms with van der Waals surface area (Å²) >= 11 is 0. The molecule has 1 aliphatic rings. The van der Waals surface area contributed by atoms with Gasteiger partial charge in [0.25, 0.3) is 5.56 Å². The zero-order valence-corrected chi connectivity index (χ0v) is 7.92. The highest BCUT2D eigenvalue weighted by Crippen LogP contribution is 2.20. The third-order valence-corrected chi connectivity index (χ3v) is 2.49. The molecular formula is C9H14N4O. The van der Waals surface area contributed by atoms with Gasteiger partial charge in [-0.3, -0.25) is 9.78 Å². The lowest BCUT2D eigenvalue weighted by atomic mass is 9.96. The lowest BCUT2D eigenvalue weighted by Gasteiger charge is -2.21. The second-order valence-corrected chi connectivity index (χ2v) is 3.60. The third-order valence-electron chi connectivity index (χ3n) is 2.49. The summed E-state index contributed by atoms with van der Waals surface area (Å²) in [4.78, 5) is 17.7. The fraction of sp³-hybridized carbons (Fsp3) is 0.556. The summed E-state index contributed by atoms with van der Waals surface area (Å²) in [5.41, 5.74) is 6.11. The Morgan fingerprint density at radius 2 is 2.43 bits per heavy atom. The van der Waals surface area contributed by atoms with Gasteiger partial charge in [0.05, 0.1) is 5.69 Å². The number of hydrogen-bond acceptors (Lipinski definition) is 4. The minimum Gasteiger partial charge on any atom is -0.369 e. The van der Waals surface area contributed by atoms with Crippen molar-refractivity contribution in [2.45, 2.75) is 18.8 Å². The van der Waals surface area contributed by atoms with Gasteiger partial charge in [-0.1, -0.05) is 0 Å². The van der Waals surface area contributed by atoms with Crippen molar-refractivity contribution in [1.82, 2.24) is 15.3 Å². The van der Waals surface area contributed by atoms with Crippen molar-refractivity contribution in [3.05, 3.63) is 22.1 Å². The number of rotatable bonds is 1. The largest absolute Gasteiger partial charge is 0.369 e. The first-order valence-corrected chi connectivity index (χ1v) is 4.83. The normalized spacial score (nSPS) is 22.1. The summed E-state index contributed by atoms with van der Waals surface area (Å²) in [5, 5.41) is 3.28. The van der Waals surface area contributed by atoms with Crippen molar-refractivity contribution >= 4 is 5.95 Å². The molecule has 0 amide bonds. The van der Waals surface area contributed by atoms with E-state index in [2.05, 4.69) is 15.3 Å². The van der Waals surface area contributed by atoms with Crippen LogP contribution >= 0.6 is 0 Å². The van der Waals surface area contributed by atoms with Crippen LogP contribution in [0.4, 0.5) is 5.95 Å². The van der Waals surface area contributed by atoms with Gasteiger partial charge in [-0.05, 0) is 19.4 Å². The lowest BCUT2D eigenvalue weighted by Crippen LogP contribution is -2.29. The number of H-pyrrole nitrogens is 1. The summed E-state index contributed by atoms with van der Waals surface area (Å²) < 4.78 is 0. The third kappa shape index (κ3) is 1.93. The first-order chi connectivity index (χ1) is 6.75. The predicted molar refractivity (Wildman–Crippen MR) is 54.1 cm³/mol. The van der Waals surface area contributed by atoms with Crippen molar-refractivity contribution in [1.29, 1.82) is 0 Å². The van der Waals surface area contributed by atoms with E-state index in [0.717, 1.165) is 31.6 Å². The van der Waals surface area contributed by atoms with Crippen LogP contribution in [0.25, 0.3) is 0 Å². The van der Waals surface area contributed by atoms with Gasteiger partial charge in [-0.25, -0.2) is 4.98 Å². The minimum atomic E-state index is -0.168. The van der Waals surface area contributed by atoms with E-state index in [1.165, 1.54) is 6.07 Å². The molecule has 1 aromatic heterocycles. The molecule has 14 heavy (non-hydrogen) atoms. The Hall–Kier alpha value is -1.36. The van der Waals surface area contributed by atoms with Crippen molar-refractivity contribution in [3.8, 4) is 0 Å². The van der Waals surface area contributed by atoms with Crippen LogP contribution in [0.3, 0.4) is 0 Å². The van der Waals surface area contributed by atoms with Crippen molar-refractivity contribution < 1.29 is 0 Å². The van der Waals surface area contributed by atoms with Gasteiger partial charge < -0.3 is 11.1 Å². The average molecular weight is 194 g/mol. The van der Waals surface area contributed by atoms with E-state index in [0.29, 0.717) is 5.92 Å². The van der Waals surface area contributed by atoms with E-state index in [1.54, 1.807) is 0 Å². The first-order valence-electron chi connectivity index (χ1n) is 4.83. The van der Waals surface area contributed by atoms with Crippen LogP contribution in [0.1, 0.15) is 24.5 Å². The Balaban J connectivity index is 2.26. The summed E-state index contributed by atoms with van der Waals surface area (Å²) in [6.07, 6.45) is 2.20. The van der Waals surface area contributed by atoms with Gasteiger partial charge >= 0.3 is 0 Å². The standard InChI is InChI=1S/C9H14N4O/c10-9-12-7(4-8(14)13-9)6-2-1-3-11-5-6/h4,6,11H,1-3,5H2,(H3,10,12,13,14)/t6-/m0/s1. The van der Waals surface area contributed by atoms with E-state index in [1.807, 2.05) is 0 Å². The molecule has 2 rings (SSSR count). The molecule has 5 nitrogen and oxygen atoms in total. The van der Waals surface area contributed by atoms with E-state index >= 15 is 0 Å². The molecule has 0 saturated carbocycles. The van der Waals surface area contributed by atoms with E-state index in [4.69, 9.17) is 5.73 Å². The highest BCUT2D eigenvalue weighted by molar-refractivity contribution is 5.20. The Bertz CT molecular complexity index is 367. The first kappa shape index (κ1) is 9.21. The number of hydrogen-bond donors (Lipinski definition) is 3. The van der Waals surface area contributed by atoms with Gasteiger partial charge in [0.15, 0.2) is 0 Å². The van der Waals surface area contributed by atoms with Gasteiger partial charge in [0.1, 0.15) is 0 Å². The predicted octanol–water partition coefficient (Wildman–Crippen LogP) is -0.181. The number of aromatic nitrogens is 2. The highest BCUT2D eigenvalue weighted by Gasteiger charge is 2.16. The van der Waals surface area contributed by atoms with Crippen LogP contribution in [0.15, 0.2) is 10.9 Å². The van der Waals surface area contributed by atoms with E-state index in [9.17, 15) is 4.79 Å². The zero-order chi connectivity index (χ0) is 9.97. The van der Waals surface area contributed by atoms with E-state index < -0.39 is 0 Å². The summed E-state index contributed by atoms with van der Waals surface area (Å²) in [6, 6.07) is 1.54. The lowest BCUT2D eigenvalue weighted by molar-refractivity contribution is 0.454. The van der Waals surface area contributed by atoms with Crippen LogP contribution in [0.2, 0.25) is 0 Å². The Labute approximate surface area is 81.7 Å². The fourth-order valence-electron chi connectivity index (χ4n) is 1.81. The molecule has 4 N–H and O–H groups in total. The summed E-state index contributed by atoms with van der Waals surface area (Å²) in [7, 11) is 0. The molecule has 0 unspecified atom stereocenters. The number of nitrogens with zero attached hydrogens (tertiary/aromatic N) is 1. The summed E-state index contributed by atoms with van der Waals surface area (Å²) in [5.74, 6) is 0.534. The number of piperidine rings is 1. The van der Waals surface area contributed by atoms with Crippen LogP contribution in [-0.4, -0.2) is 23.1 Å². The molecule has 1 fully saturated rings. The molecule has 0 aliphatic carbocycles. The van der Waals surface area contributed by atoms with E-state index in [-0.39, 0.29) is 11.5 Å². The van der Waals surface area contributed by atoms with Crippen molar-refractivity contribution in [3.63, 3.8) is 0 Å². The smallest absolute Gasteiger partial charge is 0.252 e. The van der Waals surface area contributed by atoms with Gasteiger partial charge in [0, 0.05) is 18.5 Å². The quantitative estimate of drug-likeness (QED) is 0.579. The van der Waals surface area contributed by atoms with Gasteiger partial charge in [-0.2, -0.15) is 0 Å². The molecule has 0 spiro atoms. The Morgan fingerprint density at radius 3 is 3.07 bits per heavy atom. The highest BCUT2D eigenvalue weighted by atomic mass is 16.1. The monoisotopic (exact) mass is 194 g/mol. The SMILES string of the molecule is Nc1nc([C@H]2CCCNC2)cc(=O)[nH]1. The molecule has 1 atom stereocenters.